The van der Waals surface area contributed by atoms with Gasteiger partial charge in [0, 0.05) is 27.1 Å². The van der Waals surface area contributed by atoms with Crippen molar-refractivity contribution >= 4 is 35.1 Å². The van der Waals surface area contributed by atoms with E-state index in [4.69, 9.17) is 17.3 Å². The summed E-state index contributed by atoms with van der Waals surface area (Å²) in [5.41, 5.74) is 8.46. The van der Waals surface area contributed by atoms with Crippen LogP contribution < -0.4 is 5.73 Å². The quantitative estimate of drug-likeness (QED) is 0.740. The van der Waals surface area contributed by atoms with Gasteiger partial charge in [0.05, 0.1) is 0 Å². The number of benzene rings is 2. The molecule has 0 atom stereocenters. The van der Waals surface area contributed by atoms with Crippen LogP contribution in [-0.2, 0) is 12.3 Å². The van der Waals surface area contributed by atoms with Gasteiger partial charge in [0.25, 0.3) is 0 Å². The van der Waals surface area contributed by atoms with E-state index in [1.807, 2.05) is 35.7 Å². The summed E-state index contributed by atoms with van der Waals surface area (Å²) in [6.45, 7) is 2.75. The van der Waals surface area contributed by atoms with E-state index in [1.165, 1.54) is 20.9 Å². The molecule has 2 aromatic rings. The molecular formula is C16H18ClNS2. The molecule has 0 radical (unpaired) electrons. The molecular weight excluding hydrogens is 306 g/mol. The highest BCUT2D eigenvalue weighted by Gasteiger charge is 2.07. The van der Waals surface area contributed by atoms with Gasteiger partial charge in [-0.15, -0.1) is 23.5 Å². The normalized spacial score (nSPS) is 10.8. The molecule has 1 nitrogen and oxygen atoms in total. The summed E-state index contributed by atoms with van der Waals surface area (Å²) < 4.78 is 0. The summed E-state index contributed by atoms with van der Waals surface area (Å²) in [4.78, 5) is 2.58. The van der Waals surface area contributed by atoms with E-state index in [2.05, 4.69) is 37.3 Å². The summed E-state index contributed by atoms with van der Waals surface area (Å²) in [5, 5.41) is 0.780. The topological polar surface area (TPSA) is 26.0 Å². The highest BCUT2D eigenvalue weighted by Crippen LogP contribution is 2.32. The van der Waals surface area contributed by atoms with Crippen molar-refractivity contribution in [3.8, 4) is 0 Å². The smallest absolute Gasteiger partial charge is 0.0406 e. The van der Waals surface area contributed by atoms with Gasteiger partial charge in [-0.1, -0.05) is 36.7 Å². The van der Waals surface area contributed by atoms with Crippen molar-refractivity contribution in [3.63, 3.8) is 0 Å². The average Bonchev–Trinajstić information content (AvgIpc) is 2.47. The minimum atomic E-state index is 0.589. The summed E-state index contributed by atoms with van der Waals surface area (Å²) in [6, 6.07) is 14.4. The van der Waals surface area contributed by atoms with Crippen molar-refractivity contribution < 1.29 is 0 Å². The Bertz CT molecular complexity index is 555. The lowest BCUT2D eigenvalue weighted by atomic mass is 10.2. The van der Waals surface area contributed by atoms with Crippen molar-refractivity contribution in [2.75, 3.05) is 5.75 Å². The van der Waals surface area contributed by atoms with Crippen LogP contribution in [0.4, 0.5) is 0 Å². The van der Waals surface area contributed by atoms with Gasteiger partial charge in [0.2, 0.25) is 0 Å². The number of hydrogen-bond donors (Lipinski definition) is 1. The van der Waals surface area contributed by atoms with Crippen LogP contribution in [0.25, 0.3) is 0 Å². The van der Waals surface area contributed by atoms with Crippen LogP contribution in [0.5, 0.6) is 0 Å². The van der Waals surface area contributed by atoms with Gasteiger partial charge in [-0.05, 0) is 41.1 Å². The summed E-state index contributed by atoms with van der Waals surface area (Å²) in [7, 11) is 0. The molecule has 0 heterocycles. The Kier molecular flexibility index (Phi) is 6.30. The number of thioether (sulfide) groups is 2. The van der Waals surface area contributed by atoms with Gasteiger partial charge in [0.1, 0.15) is 0 Å². The van der Waals surface area contributed by atoms with E-state index in [9.17, 15) is 0 Å². The van der Waals surface area contributed by atoms with Crippen LogP contribution in [0, 0.1) is 0 Å². The minimum Gasteiger partial charge on any atom is -0.326 e. The average molecular weight is 324 g/mol. The fraction of sp³-hybridized carbons (Fsp3) is 0.250. The van der Waals surface area contributed by atoms with E-state index < -0.39 is 0 Å². The van der Waals surface area contributed by atoms with Crippen molar-refractivity contribution in [1.82, 2.24) is 0 Å². The Labute approximate surface area is 134 Å². The third-order valence-corrected chi connectivity index (χ3v) is 5.31. The number of nitrogens with two attached hydrogens (primary N) is 1. The van der Waals surface area contributed by atoms with Gasteiger partial charge in [-0.25, -0.2) is 0 Å². The molecule has 4 heteroatoms. The van der Waals surface area contributed by atoms with Crippen LogP contribution in [-0.4, -0.2) is 5.75 Å². The molecule has 0 aliphatic heterocycles. The first-order valence-corrected chi connectivity index (χ1v) is 8.91. The molecule has 0 fully saturated rings. The fourth-order valence-corrected chi connectivity index (χ4v) is 4.02. The van der Waals surface area contributed by atoms with E-state index in [0.717, 1.165) is 16.5 Å². The van der Waals surface area contributed by atoms with Gasteiger partial charge >= 0.3 is 0 Å². The zero-order valence-corrected chi connectivity index (χ0v) is 13.8. The Morgan fingerprint density at radius 1 is 1.00 bits per heavy atom. The molecule has 106 valence electrons. The second kappa shape index (κ2) is 7.99. The molecule has 0 saturated carbocycles. The van der Waals surface area contributed by atoms with Crippen molar-refractivity contribution in [1.29, 1.82) is 0 Å². The van der Waals surface area contributed by atoms with Crippen molar-refractivity contribution in [3.05, 3.63) is 58.6 Å². The standard InChI is InChI=1S/C16H18ClNS2/c1-2-19-15-4-3-5-16(14(15)10-18)20-11-12-6-8-13(17)9-7-12/h3-9H,2,10-11,18H2,1H3. The number of rotatable bonds is 6. The van der Waals surface area contributed by atoms with E-state index >= 15 is 0 Å². The van der Waals surface area contributed by atoms with Crippen LogP contribution in [0.2, 0.25) is 5.02 Å². The largest absolute Gasteiger partial charge is 0.326 e. The first-order valence-electron chi connectivity index (χ1n) is 6.56. The second-order valence-electron chi connectivity index (χ2n) is 4.29. The highest BCUT2D eigenvalue weighted by molar-refractivity contribution is 7.99. The number of hydrogen-bond acceptors (Lipinski definition) is 3. The maximum absolute atomic E-state index is 5.93. The Hall–Kier alpha value is -0.610. The van der Waals surface area contributed by atoms with E-state index in [-0.39, 0.29) is 0 Å². The molecule has 2 rings (SSSR count). The predicted octanol–water partition coefficient (Wildman–Crippen LogP) is 5.20. The van der Waals surface area contributed by atoms with Crippen LogP contribution in [0.3, 0.4) is 0 Å². The maximum Gasteiger partial charge on any atom is 0.0406 e. The lowest BCUT2D eigenvalue weighted by Gasteiger charge is -2.12. The molecule has 2 aromatic carbocycles. The van der Waals surface area contributed by atoms with Crippen LogP contribution in [0.1, 0.15) is 18.1 Å². The minimum absolute atomic E-state index is 0.589. The summed E-state index contributed by atoms with van der Waals surface area (Å²) in [5.74, 6) is 2.00. The molecule has 2 N–H and O–H groups in total. The molecule has 0 bridgehead atoms. The van der Waals surface area contributed by atoms with Crippen LogP contribution >= 0.6 is 35.1 Å². The maximum atomic E-state index is 5.93. The second-order valence-corrected chi connectivity index (χ2v) is 7.04. The summed E-state index contributed by atoms with van der Waals surface area (Å²) >= 11 is 9.59. The predicted molar refractivity (Wildman–Crippen MR) is 91.7 cm³/mol. The Balaban J connectivity index is 2.12. The molecule has 0 aliphatic carbocycles. The first-order chi connectivity index (χ1) is 9.74. The van der Waals surface area contributed by atoms with E-state index in [0.29, 0.717) is 6.54 Å². The van der Waals surface area contributed by atoms with Gasteiger partial charge in [-0.2, -0.15) is 0 Å². The van der Waals surface area contributed by atoms with Crippen LogP contribution in [0.15, 0.2) is 52.3 Å². The number of halogens is 1. The van der Waals surface area contributed by atoms with Crippen molar-refractivity contribution in [2.45, 2.75) is 29.0 Å². The first kappa shape index (κ1) is 15.8. The third kappa shape index (κ3) is 4.19. The molecule has 0 spiro atoms. The lowest BCUT2D eigenvalue weighted by molar-refractivity contribution is 0.980. The lowest BCUT2D eigenvalue weighted by Crippen LogP contribution is -2.01. The molecule has 0 aromatic heterocycles. The molecule has 0 saturated heterocycles. The molecule has 0 amide bonds. The van der Waals surface area contributed by atoms with Gasteiger partial charge in [0.15, 0.2) is 0 Å². The van der Waals surface area contributed by atoms with Crippen molar-refractivity contribution in [2.24, 2.45) is 5.73 Å². The highest BCUT2D eigenvalue weighted by atomic mass is 35.5. The molecule has 20 heavy (non-hydrogen) atoms. The fourth-order valence-electron chi connectivity index (χ4n) is 1.91. The third-order valence-electron chi connectivity index (χ3n) is 2.90. The summed E-state index contributed by atoms with van der Waals surface area (Å²) in [6.07, 6.45) is 0. The molecule has 0 unspecified atom stereocenters. The Morgan fingerprint density at radius 2 is 1.65 bits per heavy atom. The van der Waals surface area contributed by atoms with Gasteiger partial charge in [-0.3, -0.25) is 0 Å². The monoisotopic (exact) mass is 323 g/mol. The zero-order valence-electron chi connectivity index (χ0n) is 11.4. The molecule has 0 aliphatic rings. The van der Waals surface area contributed by atoms with E-state index in [1.54, 1.807) is 0 Å². The Morgan fingerprint density at radius 3 is 2.25 bits per heavy atom. The zero-order chi connectivity index (χ0) is 14.4. The van der Waals surface area contributed by atoms with Gasteiger partial charge < -0.3 is 5.73 Å². The SMILES string of the molecule is CCSc1cccc(SCc2ccc(Cl)cc2)c1CN.